The number of rotatable bonds is 9. The van der Waals surface area contributed by atoms with Gasteiger partial charge in [0.05, 0.1) is 6.61 Å². The van der Waals surface area contributed by atoms with Gasteiger partial charge in [0.2, 0.25) is 0 Å². The molecule has 1 unspecified atom stereocenters. The second-order valence-corrected chi connectivity index (χ2v) is 6.15. The lowest BCUT2D eigenvalue weighted by Gasteiger charge is -2.17. The molecule has 0 heterocycles. The van der Waals surface area contributed by atoms with Crippen LogP contribution in [-0.2, 0) is 10.5 Å². The zero-order valence-electron chi connectivity index (χ0n) is 12.7. The van der Waals surface area contributed by atoms with Crippen LogP contribution < -0.4 is 5.32 Å². The first-order valence-corrected chi connectivity index (χ1v) is 8.18. The maximum atomic E-state index is 5.27. The van der Waals surface area contributed by atoms with Crippen LogP contribution in [0, 0.1) is 13.8 Å². The second kappa shape index (κ2) is 9.40. The molecule has 0 saturated heterocycles. The van der Waals surface area contributed by atoms with Gasteiger partial charge in [-0.2, -0.15) is 11.8 Å². The van der Waals surface area contributed by atoms with Gasteiger partial charge in [0.25, 0.3) is 0 Å². The van der Waals surface area contributed by atoms with Gasteiger partial charge >= 0.3 is 0 Å². The molecule has 0 fully saturated rings. The number of ether oxygens (including phenoxy) is 1. The van der Waals surface area contributed by atoms with Gasteiger partial charge in [0.1, 0.15) is 0 Å². The summed E-state index contributed by atoms with van der Waals surface area (Å²) in [7, 11) is 1.77. The first-order valence-electron chi connectivity index (χ1n) is 7.03. The van der Waals surface area contributed by atoms with Crippen molar-refractivity contribution in [2.75, 3.05) is 26.0 Å². The SMILES string of the molecule is CCCNC(COC)CSCc1cc(C)cc(C)c1. The van der Waals surface area contributed by atoms with Gasteiger partial charge in [-0.15, -0.1) is 0 Å². The molecule has 0 saturated carbocycles. The zero-order chi connectivity index (χ0) is 14.1. The highest BCUT2D eigenvalue weighted by atomic mass is 32.2. The zero-order valence-corrected chi connectivity index (χ0v) is 13.5. The normalized spacial score (nSPS) is 12.6. The molecule has 0 aromatic heterocycles. The molecule has 0 radical (unpaired) electrons. The van der Waals surface area contributed by atoms with E-state index in [0.29, 0.717) is 6.04 Å². The van der Waals surface area contributed by atoms with Gasteiger partial charge in [0, 0.05) is 24.7 Å². The van der Waals surface area contributed by atoms with Crippen molar-refractivity contribution in [2.24, 2.45) is 0 Å². The third-order valence-corrected chi connectivity index (χ3v) is 4.10. The van der Waals surface area contributed by atoms with E-state index in [1.807, 2.05) is 11.8 Å². The van der Waals surface area contributed by atoms with Crippen molar-refractivity contribution in [3.63, 3.8) is 0 Å². The summed E-state index contributed by atoms with van der Waals surface area (Å²) in [5.41, 5.74) is 4.13. The quantitative estimate of drug-likeness (QED) is 0.748. The summed E-state index contributed by atoms with van der Waals surface area (Å²) < 4.78 is 5.27. The van der Waals surface area contributed by atoms with Crippen molar-refractivity contribution in [1.82, 2.24) is 5.32 Å². The smallest absolute Gasteiger partial charge is 0.0623 e. The van der Waals surface area contributed by atoms with Crippen LogP contribution in [0.25, 0.3) is 0 Å². The Morgan fingerprint density at radius 3 is 2.47 bits per heavy atom. The molecule has 0 aliphatic heterocycles. The van der Waals surface area contributed by atoms with E-state index in [9.17, 15) is 0 Å². The van der Waals surface area contributed by atoms with Crippen LogP contribution in [0.15, 0.2) is 18.2 Å². The predicted molar refractivity (Wildman–Crippen MR) is 86.0 cm³/mol. The Morgan fingerprint density at radius 2 is 1.89 bits per heavy atom. The molecule has 1 atom stereocenters. The lowest BCUT2D eigenvalue weighted by Crippen LogP contribution is -2.35. The molecule has 0 aliphatic rings. The van der Waals surface area contributed by atoms with Crippen molar-refractivity contribution in [3.05, 3.63) is 34.9 Å². The van der Waals surface area contributed by atoms with Gasteiger partial charge in [-0.1, -0.05) is 36.2 Å². The van der Waals surface area contributed by atoms with Crippen molar-refractivity contribution in [3.8, 4) is 0 Å². The molecule has 1 aromatic rings. The van der Waals surface area contributed by atoms with Crippen LogP contribution in [-0.4, -0.2) is 32.1 Å². The van der Waals surface area contributed by atoms with E-state index >= 15 is 0 Å². The summed E-state index contributed by atoms with van der Waals surface area (Å²) in [6.45, 7) is 8.38. The van der Waals surface area contributed by atoms with Gasteiger partial charge in [-0.3, -0.25) is 0 Å². The van der Waals surface area contributed by atoms with Gasteiger partial charge in [-0.25, -0.2) is 0 Å². The Balaban J connectivity index is 2.37. The molecule has 0 amide bonds. The highest BCUT2D eigenvalue weighted by Gasteiger charge is 2.07. The summed E-state index contributed by atoms with van der Waals surface area (Å²) in [5, 5.41) is 3.53. The third-order valence-electron chi connectivity index (χ3n) is 2.92. The predicted octanol–water partition coefficient (Wildman–Crippen LogP) is 3.55. The van der Waals surface area contributed by atoms with Crippen LogP contribution in [0.2, 0.25) is 0 Å². The molecule has 1 rings (SSSR count). The minimum atomic E-state index is 0.459. The Kier molecular flexibility index (Phi) is 8.19. The molecule has 19 heavy (non-hydrogen) atoms. The Bertz CT molecular complexity index is 348. The lowest BCUT2D eigenvalue weighted by atomic mass is 10.1. The molecular weight excluding hydrogens is 254 g/mol. The van der Waals surface area contributed by atoms with Crippen LogP contribution in [0.3, 0.4) is 0 Å². The average molecular weight is 281 g/mol. The van der Waals surface area contributed by atoms with Crippen LogP contribution in [0.1, 0.15) is 30.0 Å². The maximum Gasteiger partial charge on any atom is 0.0623 e. The molecular formula is C16H27NOS. The van der Waals surface area contributed by atoms with E-state index < -0.39 is 0 Å². The largest absolute Gasteiger partial charge is 0.383 e. The molecule has 2 nitrogen and oxygen atoms in total. The topological polar surface area (TPSA) is 21.3 Å². The highest BCUT2D eigenvalue weighted by Crippen LogP contribution is 2.16. The maximum absolute atomic E-state index is 5.27. The molecule has 3 heteroatoms. The molecule has 108 valence electrons. The number of nitrogens with one attached hydrogen (secondary N) is 1. The second-order valence-electron chi connectivity index (χ2n) is 5.12. The number of hydrogen-bond acceptors (Lipinski definition) is 3. The fourth-order valence-corrected chi connectivity index (χ4v) is 3.21. The van der Waals surface area contributed by atoms with E-state index in [-0.39, 0.29) is 0 Å². The van der Waals surface area contributed by atoms with Gasteiger partial charge in [0.15, 0.2) is 0 Å². The summed E-state index contributed by atoms with van der Waals surface area (Å²) in [6, 6.07) is 7.25. The minimum Gasteiger partial charge on any atom is -0.383 e. The van der Waals surface area contributed by atoms with Crippen LogP contribution >= 0.6 is 11.8 Å². The first-order chi connectivity index (χ1) is 9.15. The number of thioether (sulfide) groups is 1. The van der Waals surface area contributed by atoms with Gasteiger partial charge in [-0.05, 0) is 32.4 Å². The summed E-state index contributed by atoms with van der Waals surface area (Å²) in [5.74, 6) is 2.18. The molecule has 0 aliphatic carbocycles. The average Bonchev–Trinajstić information content (AvgIpc) is 2.34. The standard InChI is InChI=1S/C16H27NOS/c1-5-6-17-16(10-18-4)12-19-11-15-8-13(2)7-14(3)9-15/h7-9,16-17H,5-6,10-12H2,1-4H3. The van der Waals surface area contributed by atoms with Crippen LogP contribution in [0.4, 0.5) is 0 Å². The Morgan fingerprint density at radius 1 is 1.21 bits per heavy atom. The molecule has 1 aromatic carbocycles. The van der Waals surface area contributed by atoms with E-state index in [1.54, 1.807) is 7.11 Å². The van der Waals surface area contributed by atoms with E-state index in [0.717, 1.165) is 24.7 Å². The molecule has 1 N–H and O–H groups in total. The van der Waals surface area contributed by atoms with E-state index in [1.165, 1.54) is 23.1 Å². The number of methoxy groups -OCH3 is 1. The number of hydrogen-bond donors (Lipinski definition) is 1. The summed E-state index contributed by atoms with van der Waals surface area (Å²) in [4.78, 5) is 0. The van der Waals surface area contributed by atoms with Crippen molar-refractivity contribution in [1.29, 1.82) is 0 Å². The fraction of sp³-hybridized carbons (Fsp3) is 0.625. The summed E-state index contributed by atoms with van der Waals surface area (Å²) >= 11 is 1.98. The van der Waals surface area contributed by atoms with Gasteiger partial charge < -0.3 is 10.1 Å². The minimum absolute atomic E-state index is 0.459. The Labute approximate surface area is 122 Å². The first kappa shape index (κ1) is 16.5. The highest BCUT2D eigenvalue weighted by molar-refractivity contribution is 7.98. The van der Waals surface area contributed by atoms with Crippen molar-refractivity contribution < 1.29 is 4.74 Å². The van der Waals surface area contributed by atoms with E-state index in [4.69, 9.17) is 4.74 Å². The lowest BCUT2D eigenvalue weighted by molar-refractivity contribution is 0.174. The Hall–Kier alpha value is -0.510. The molecule has 0 spiro atoms. The van der Waals surface area contributed by atoms with Crippen molar-refractivity contribution >= 4 is 11.8 Å². The number of aryl methyl sites for hydroxylation is 2. The third kappa shape index (κ3) is 7.00. The van der Waals surface area contributed by atoms with Crippen molar-refractivity contribution in [2.45, 2.75) is 39.0 Å². The van der Waals surface area contributed by atoms with Crippen LogP contribution in [0.5, 0.6) is 0 Å². The summed E-state index contributed by atoms with van der Waals surface area (Å²) in [6.07, 6.45) is 1.17. The monoisotopic (exact) mass is 281 g/mol. The molecule has 0 bridgehead atoms. The fourth-order valence-electron chi connectivity index (χ4n) is 2.19. The van der Waals surface area contributed by atoms with E-state index in [2.05, 4.69) is 44.3 Å². The number of benzene rings is 1.